The number of aliphatic hydroxyl groups is 2. The van der Waals surface area contributed by atoms with Crippen LogP contribution in [0.4, 0.5) is 0 Å². The standard InChI is InChI=1S/C28H30N2O5/c1-33-25-11-12-26-27(16-25)29-14-13-28(26)35-24-9-7-20(8-10-24)15-21(18-31)30-17-22(32)19-34-23-5-3-2-4-6-23/h2-14,16,21-22,30-32H,15,17-19H2,1H3/t21?,22-/m0/s1. The van der Waals surface area contributed by atoms with Crippen LogP contribution in [-0.4, -0.2) is 54.2 Å². The molecule has 7 nitrogen and oxygen atoms in total. The molecule has 4 aromatic rings. The number of para-hydroxylation sites is 1. The monoisotopic (exact) mass is 474 g/mol. The highest BCUT2D eigenvalue weighted by atomic mass is 16.5. The van der Waals surface area contributed by atoms with Crippen LogP contribution >= 0.6 is 0 Å². The number of methoxy groups -OCH3 is 1. The minimum absolute atomic E-state index is 0.0447. The van der Waals surface area contributed by atoms with Crippen LogP contribution in [0, 0.1) is 0 Å². The molecule has 0 amide bonds. The molecule has 0 saturated heterocycles. The number of aromatic nitrogens is 1. The number of pyridine rings is 1. The third-order valence-electron chi connectivity index (χ3n) is 5.59. The first-order valence-corrected chi connectivity index (χ1v) is 11.5. The van der Waals surface area contributed by atoms with Crippen LogP contribution in [0.1, 0.15) is 5.56 Å². The Morgan fingerprint density at radius 2 is 1.69 bits per heavy atom. The van der Waals surface area contributed by atoms with Crippen molar-refractivity contribution in [3.8, 4) is 23.0 Å². The predicted molar refractivity (Wildman–Crippen MR) is 135 cm³/mol. The number of benzene rings is 3. The van der Waals surface area contributed by atoms with Crippen LogP contribution in [0.15, 0.2) is 85.1 Å². The van der Waals surface area contributed by atoms with Gasteiger partial charge in [-0.25, -0.2) is 0 Å². The summed E-state index contributed by atoms with van der Waals surface area (Å²) in [4.78, 5) is 4.39. The maximum atomic E-state index is 10.2. The van der Waals surface area contributed by atoms with E-state index in [0.717, 1.165) is 22.2 Å². The molecule has 2 atom stereocenters. The molecule has 3 aromatic carbocycles. The molecular formula is C28H30N2O5. The Morgan fingerprint density at radius 1 is 0.914 bits per heavy atom. The van der Waals surface area contributed by atoms with Gasteiger partial charge in [0.1, 0.15) is 35.7 Å². The Hall–Kier alpha value is -3.65. The molecule has 0 spiro atoms. The van der Waals surface area contributed by atoms with Crippen LogP contribution in [0.25, 0.3) is 10.9 Å². The van der Waals surface area contributed by atoms with Gasteiger partial charge in [-0.2, -0.15) is 0 Å². The lowest BCUT2D eigenvalue weighted by atomic mass is 10.1. The van der Waals surface area contributed by atoms with Crippen molar-refractivity contribution >= 4 is 10.9 Å². The molecule has 1 aromatic heterocycles. The van der Waals surface area contributed by atoms with E-state index in [2.05, 4.69) is 10.3 Å². The van der Waals surface area contributed by atoms with Crippen molar-refractivity contribution in [2.75, 3.05) is 26.9 Å². The van der Waals surface area contributed by atoms with Crippen LogP contribution in [0.3, 0.4) is 0 Å². The van der Waals surface area contributed by atoms with Gasteiger partial charge in [-0.15, -0.1) is 0 Å². The maximum absolute atomic E-state index is 10.2. The third-order valence-corrected chi connectivity index (χ3v) is 5.59. The summed E-state index contributed by atoms with van der Waals surface area (Å²) in [5.74, 6) is 2.88. The van der Waals surface area contributed by atoms with Crippen molar-refractivity contribution in [3.05, 3.63) is 90.6 Å². The average Bonchev–Trinajstić information content (AvgIpc) is 2.91. The fraction of sp³-hybridized carbons (Fsp3) is 0.250. The summed E-state index contributed by atoms with van der Waals surface area (Å²) in [7, 11) is 1.63. The molecular weight excluding hydrogens is 444 g/mol. The van der Waals surface area contributed by atoms with Crippen LogP contribution in [0.2, 0.25) is 0 Å². The summed E-state index contributed by atoms with van der Waals surface area (Å²) in [6, 6.07) is 24.5. The zero-order valence-corrected chi connectivity index (χ0v) is 19.6. The normalized spacial score (nSPS) is 12.8. The molecule has 1 unspecified atom stereocenters. The number of nitrogens with zero attached hydrogens (tertiary/aromatic N) is 1. The highest BCUT2D eigenvalue weighted by molar-refractivity contribution is 5.86. The van der Waals surface area contributed by atoms with E-state index in [1.54, 1.807) is 13.3 Å². The second-order valence-electron chi connectivity index (χ2n) is 8.21. The lowest BCUT2D eigenvalue weighted by Gasteiger charge is -2.19. The summed E-state index contributed by atoms with van der Waals surface area (Å²) in [6.45, 7) is 0.452. The summed E-state index contributed by atoms with van der Waals surface area (Å²) in [5.41, 5.74) is 1.84. The van der Waals surface area contributed by atoms with Crippen molar-refractivity contribution in [2.24, 2.45) is 0 Å². The Morgan fingerprint density at radius 3 is 2.43 bits per heavy atom. The number of aliphatic hydroxyl groups excluding tert-OH is 2. The van der Waals surface area contributed by atoms with Gasteiger partial charge in [0, 0.05) is 30.2 Å². The molecule has 35 heavy (non-hydrogen) atoms. The van der Waals surface area contributed by atoms with Crippen molar-refractivity contribution in [1.82, 2.24) is 10.3 Å². The molecule has 0 saturated carbocycles. The van der Waals surface area contributed by atoms with Gasteiger partial charge in [0.15, 0.2) is 0 Å². The van der Waals surface area contributed by atoms with Gasteiger partial charge in [0.25, 0.3) is 0 Å². The number of rotatable bonds is 12. The van der Waals surface area contributed by atoms with E-state index >= 15 is 0 Å². The van der Waals surface area contributed by atoms with Gasteiger partial charge >= 0.3 is 0 Å². The Bertz CT molecular complexity index is 1200. The molecule has 1 heterocycles. The lowest BCUT2D eigenvalue weighted by molar-refractivity contribution is 0.0997. The summed E-state index contributed by atoms with van der Waals surface area (Å²) < 4.78 is 16.9. The van der Waals surface area contributed by atoms with Crippen molar-refractivity contribution in [2.45, 2.75) is 18.6 Å². The summed E-state index contributed by atoms with van der Waals surface area (Å²) >= 11 is 0. The van der Waals surface area contributed by atoms with Gasteiger partial charge in [-0.1, -0.05) is 30.3 Å². The number of nitrogens with one attached hydrogen (secondary N) is 1. The quantitative estimate of drug-likeness (QED) is 0.286. The Balaban J connectivity index is 1.30. The van der Waals surface area contributed by atoms with E-state index in [1.807, 2.05) is 78.9 Å². The summed E-state index contributed by atoms with van der Waals surface area (Å²) in [6.07, 6.45) is 1.64. The largest absolute Gasteiger partial charge is 0.497 e. The molecule has 0 aliphatic heterocycles. The molecule has 0 radical (unpaired) electrons. The first-order chi connectivity index (χ1) is 17.1. The maximum Gasteiger partial charge on any atom is 0.138 e. The van der Waals surface area contributed by atoms with E-state index in [0.29, 0.717) is 30.2 Å². The first kappa shape index (κ1) is 24.5. The fourth-order valence-corrected chi connectivity index (χ4v) is 3.69. The summed E-state index contributed by atoms with van der Waals surface area (Å²) in [5, 5.41) is 24.1. The van der Waals surface area contributed by atoms with Gasteiger partial charge in [-0.05, 0) is 54.4 Å². The second kappa shape index (κ2) is 12.2. The first-order valence-electron chi connectivity index (χ1n) is 11.5. The van der Waals surface area contributed by atoms with Gasteiger partial charge in [0.2, 0.25) is 0 Å². The Labute approximate surface area is 204 Å². The van der Waals surface area contributed by atoms with Gasteiger partial charge in [-0.3, -0.25) is 4.98 Å². The minimum Gasteiger partial charge on any atom is -0.497 e. The average molecular weight is 475 g/mol. The van der Waals surface area contributed by atoms with E-state index in [9.17, 15) is 10.2 Å². The highest BCUT2D eigenvalue weighted by Gasteiger charge is 2.12. The number of hydrogen-bond donors (Lipinski definition) is 3. The highest BCUT2D eigenvalue weighted by Crippen LogP contribution is 2.30. The van der Waals surface area contributed by atoms with Crippen LogP contribution in [-0.2, 0) is 6.42 Å². The molecule has 7 heteroatoms. The third kappa shape index (κ3) is 6.93. The SMILES string of the molecule is COc1ccc2c(Oc3ccc(CC(CO)NC[C@H](O)COc4ccccc4)cc3)ccnc2c1. The molecule has 182 valence electrons. The van der Waals surface area contributed by atoms with Crippen LogP contribution in [0.5, 0.6) is 23.0 Å². The smallest absolute Gasteiger partial charge is 0.138 e. The Kier molecular flexibility index (Phi) is 8.51. The second-order valence-corrected chi connectivity index (χ2v) is 8.21. The van der Waals surface area contributed by atoms with E-state index < -0.39 is 6.10 Å². The molecule has 0 bridgehead atoms. The molecule has 0 fully saturated rings. The molecule has 0 aliphatic carbocycles. The zero-order valence-electron chi connectivity index (χ0n) is 19.6. The lowest BCUT2D eigenvalue weighted by Crippen LogP contribution is -2.41. The van der Waals surface area contributed by atoms with Crippen molar-refractivity contribution < 1.29 is 24.4 Å². The fourth-order valence-electron chi connectivity index (χ4n) is 3.69. The number of fused-ring (bicyclic) bond motifs is 1. The van der Waals surface area contributed by atoms with Crippen molar-refractivity contribution in [1.29, 1.82) is 0 Å². The van der Waals surface area contributed by atoms with Crippen molar-refractivity contribution in [3.63, 3.8) is 0 Å². The van der Waals surface area contributed by atoms with Crippen LogP contribution < -0.4 is 19.5 Å². The molecule has 0 aliphatic rings. The minimum atomic E-state index is -0.685. The molecule has 3 N–H and O–H groups in total. The van der Waals surface area contributed by atoms with Gasteiger partial charge < -0.3 is 29.7 Å². The predicted octanol–water partition coefficient (Wildman–Crippen LogP) is 3.97. The van der Waals surface area contributed by atoms with E-state index in [1.165, 1.54) is 0 Å². The number of hydrogen-bond acceptors (Lipinski definition) is 7. The zero-order chi connectivity index (χ0) is 24.5. The van der Waals surface area contributed by atoms with E-state index in [-0.39, 0.29) is 19.3 Å². The number of ether oxygens (including phenoxy) is 3. The van der Waals surface area contributed by atoms with Gasteiger partial charge in [0.05, 0.1) is 19.2 Å². The van der Waals surface area contributed by atoms with E-state index in [4.69, 9.17) is 14.2 Å². The topological polar surface area (TPSA) is 93.1 Å². The molecule has 4 rings (SSSR count).